The van der Waals surface area contributed by atoms with Gasteiger partial charge in [-0.05, 0) is 43.5 Å². The molecule has 1 aliphatic heterocycles. The van der Waals surface area contributed by atoms with Crippen LogP contribution < -0.4 is 10.2 Å². The van der Waals surface area contributed by atoms with Crippen molar-refractivity contribution in [1.82, 2.24) is 24.7 Å². The molecule has 27 heavy (non-hydrogen) atoms. The van der Waals surface area contributed by atoms with Crippen LogP contribution in [0.3, 0.4) is 0 Å². The van der Waals surface area contributed by atoms with Crippen LogP contribution in [0.5, 0.6) is 0 Å². The number of aliphatic hydroxyl groups excluding tert-OH is 1. The summed E-state index contributed by atoms with van der Waals surface area (Å²) in [4.78, 5) is 15.2. The van der Waals surface area contributed by atoms with E-state index in [1.165, 1.54) is 6.33 Å². The minimum absolute atomic E-state index is 0.0632. The van der Waals surface area contributed by atoms with E-state index in [-0.39, 0.29) is 12.1 Å². The molecule has 0 amide bonds. The fraction of sp³-hybridized carbons (Fsp3) is 0.368. The molecule has 140 valence electrons. The first-order valence-electron chi connectivity index (χ1n) is 9.16. The van der Waals surface area contributed by atoms with Crippen molar-refractivity contribution in [2.45, 2.75) is 31.9 Å². The third-order valence-electron chi connectivity index (χ3n) is 4.85. The number of anilines is 2. The van der Waals surface area contributed by atoms with Crippen molar-refractivity contribution in [2.24, 2.45) is 0 Å². The zero-order chi connectivity index (χ0) is 18.6. The molecule has 0 spiro atoms. The van der Waals surface area contributed by atoms with Gasteiger partial charge < -0.3 is 15.3 Å². The normalized spacial score (nSPS) is 16.3. The van der Waals surface area contributed by atoms with Crippen LogP contribution in [0.4, 0.5) is 11.8 Å². The van der Waals surface area contributed by atoms with Gasteiger partial charge in [0, 0.05) is 19.3 Å². The first-order valence-corrected chi connectivity index (χ1v) is 9.16. The summed E-state index contributed by atoms with van der Waals surface area (Å²) in [5.74, 6) is 1.50. The zero-order valence-corrected chi connectivity index (χ0v) is 15.2. The van der Waals surface area contributed by atoms with Crippen LogP contribution >= 0.6 is 0 Å². The first kappa shape index (κ1) is 17.4. The van der Waals surface area contributed by atoms with Gasteiger partial charge in [0.2, 0.25) is 5.95 Å². The molecule has 0 radical (unpaired) electrons. The van der Waals surface area contributed by atoms with E-state index >= 15 is 0 Å². The highest BCUT2D eigenvalue weighted by Gasteiger charge is 2.18. The minimum atomic E-state index is -0.193. The summed E-state index contributed by atoms with van der Waals surface area (Å²) in [7, 11) is 0. The van der Waals surface area contributed by atoms with Crippen molar-refractivity contribution in [3.63, 3.8) is 0 Å². The Balaban J connectivity index is 1.43. The Morgan fingerprint density at radius 1 is 1.15 bits per heavy atom. The second-order valence-electron chi connectivity index (χ2n) is 6.75. The highest BCUT2D eigenvalue weighted by Crippen LogP contribution is 2.22. The van der Waals surface area contributed by atoms with Crippen molar-refractivity contribution in [3.8, 4) is 5.69 Å². The molecule has 8 heteroatoms. The van der Waals surface area contributed by atoms with Crippen LogP contribution in [0.1, 0.15) is 31.4 Å². The van der Waals surface area contributed by atoms with E-state index in [0.717, 1.165) is 43.0 Å². The lowest BCUT2D eigenvalue weighted by Gasteiger charge is -2.30. The minimum Gasteiger partial charge on any atom is -0.393 e. The standard InChI is InChI=1S/C19H23N7O/c1-14(15-2-4-16(5-3-15)26-13-20-12-22-26)23-19-21-9-6-18(24-19)25-10-7-17(27)8-11-25/h2-6,9,12-14,17,27H,7-8,10-11H2,1H3,(H,21,23,24)/t14-/m0/s1. The van der Waals surface area contributed by atoms with E-state index in [4.69, 9.17) is 0 Å². The van der Waals surface area contributed by atoms with E-state index in [2.05, 4.69) is 49.3 Å². The lowest BCUT2D eigenvalue weighted by molar-refractivity contribution is 0.145. The average Bonchev–Trinajstić information content (AvgIpc) is 3.24. The van der Waals surface area contributed by atoms with Gasteiger partial charge in [0.15, 0.2) is 0 Å². The molecule has 1 atom stereocenters. The second kappa shape index (κ2) is 7.71. The van der Waals surface area contributed by atoms with Crippen LogP contribution in [-0.2, 0) is 0 Å². The van der Waals surface area contributed by atoms with Crippen LogP contribution in [-0.4, -0.2) is 49.0 Å². The highest BCUT2D eigenvalue weighted by molar-refractivity contribution is 5.44. The summed E-state index contributed by atoms with van der Waals surface area (Å²) in [5, 5.41) is 17.2. The van der Waals surface area contributed by atoms with Crippen LogP contribution in [0.15, 0.2) is 49.2 Å². The van der Waals surface area contributed by atoms with E-state index in [1.54, 1.807) is 17.2 Å². The molecule has 1 aromatic carbocycles. The maximum atomic E-state index is 9.67. The lowest BCUT2D eigenvalue weighted by atomic mass is 10.1. The summed E-state index contributed by atoms with van der Waals surface area (Å²) in [6.07, 6.45) is 6.33. The van der Waals surface area contributed by atoms with E-state index in [1.807, 2.05) is 18.2 Å². The lowest BCUT2D eigenvalue weighted by Crippen LogP contribution is -2.36. The smallest absolute Gasteiger partial charge is 0.225 e. The predicted octanol–water partition coefficient (Wildman–Crippen LogP) is 2.19. The molecule has 8 nitrogen and oxygen atoms in total. The van der Waals surface area contributed by atoms with Crippen LogP contribution in [0.25, 0.3) is 5.69 Å². The van der Waals surface area contributed by atoms with Crippen molar-refractivity contribution in [2.75, 3.05) is 23.3 Å². The number of hydrogen-bond acceptors (Lipinski definition) is 7. The topological polar surface area (TPSA) is 92.0 Å². The van der Waals surface area contributed by atoms with Crippen molar-refractivity contribution < 1.29 is 5.11 Å². The molecule has 0 saturated carbocycles. The number of piperidine rings is 1. The van der Waals surface area contributed by atoms with Crippen molar-refractivity contribution in [1.29, 1.82) is 0 Å². The Morgan fingerprint density at radius 3 is 2.63 bits per heavy atom. The molecule has 2 aromatic heterocycles. The number of nitrogens with zero attached hydrogens (tertiary/aromatic N) is 6. The van der Waals surface area contributed by atoms with Gasteiger partial charge in [-0.3, -0.25) is 0 Å². The molecular weight excluding hydrogens is 342 g/mol. The molecular formula is C19H23N7O. The van der Waals surface area contributed by atoms with Gasteiger partial charge in [-0.25, -0.2) is 14.6 Å². The van der Waals surface area contributed by atoms with E-state index < -0.39 is 0 Å². The second-order valence-corrected chi connectivity index (χ2v) is 6.75. The molecule has 3 heterocycles. The summed E-state index contributed by atoms with van der Waals surface area (Å²) >= 11 is 0. The molecule has 1 fully saturated rings. The Morgan fingerprint density at radius 2 is 1.93 bits per heavy atom. The summed E-state index contributed by atoms with van der Waals surface area (Å²) in [5.41, 5.74) is 2.10. The Labute approximate surface area is 157 Å². The van der Waals surface area contributed by atoms with Gasteiger partial charge in [-0.15, -0.1) is 0 Å². The monoisotopic (exact) mass is 365 g/mol. The highest BCUT2D eigenvalue weighted by atomic mass is 16.3. The number of aliphatic hydroxyl groups is 1. The van der Waals surface area contributed by atoms with Gasteiger partial charge in [0.25, 0.3) is 0 Å². The van der Waals surface area contributed by atoms with Gasteiger partial charge >= 0.3 is 0 Å². The Hall–Kier alpha value is -3.00. The third kappa shape index (κ3) is 4.06. The van der Waals surface area contributed by atoms with Gasteiger partial charge in [-0.1, -0.05) is 12.1 Å². The number of hydrogen-bond donors (Lipinski definition) is 2. The summed E-state index contributed by atoms with van der Waals surface area (Å²) < 4.78 is 1.73. The fourth-order valence-electron chi connectivity index (χ4n) is 3.22. The first-order chi connectivity index (χ1) is 13.2. The van der Waals surface area contributed by atoms with E-state index in [0.29, 0.717) is 5.95 Å². The third-order valence-corrected chi connectivity index (χ3v) is 4.85. The maximum Gasteiger partial charge on any atom is 0.225 e. The van der Waals surface area contributed by atoms with Crippen LogP contribution in [0.2, 0.25) is 0 Å². The summed E-state index contributed by atoms with van der Waals surface area (Å²) in [6.45, 7) is 3.71. The van der Waals surface area contributed by atoms with Crippen LogP contribution in [0, 0.1) is 0 Å². The van der Waals surface area contributed by atoms with Crippen molar-refractivity contribution in [3.05, 3.63) is 54.7 Å². The average molecular weight is 365 g/mol. The Bertz CT molecular complexity index is 858. The molecule has 2 N–H and O–H groups in total. The molecule has 0 aliphatic carbocycles. The van der Waals surface area contributed by atoms with E-state index in [9.17, 15) is 5.11 Å². The largest absolute Gasteiger partial charge is 0.393 e. The van der Waals surface area contributed by atoms with Gasteiger partial charge in [0.1, 0.15) is 18.5 Å². The fourth-order valence-corrected chi connectivity index (χ4v) is 3.22. The number of rotatable bonds is 5. The Kier molecular flexibility index (Phi) is 4.97. The molecule has 0 unspecified atom stereocenters. The van der Waals surface area contributed by atoms with Crippen molar-refractivity contribution >= 4 is 11.8 Å². The molecule has 1 aliphatic rings. The number of nitrogens with one attached hydrogen (secondary N) is 1. The zero-order valence-electron chi connectivity index (χ0n) is 15.2. The maximum absolute atomic E-state index is 9.67. The predicted molar refractivity (Wildman–Crippen MR) is 103 cm³/mol. The van der Waals surface area contributed by atoms with Gasteiger partial charge in [0.05, 0.1) is 17.8 Å². The molecule has 4 rings (SSSR count). The van der Waals surface area contributed by atoms with Gasteiger partial charge in [-0.2, -0.15) is 10.1 Å². The number of aromatic nitrogens is 5. The molecule has 3 aromatic rings. The molecule has 0 bridgehead atoms. The number of benzene rings is 1. The summed E-state index contributed by atoms with van der Waals surface area (Å²) in [6, 6.07) is 10.1. The SMILES string of the molecule is C[C@H](Nc1nccc(N2CCC(O)CC2)n1)c1ccc(-n2cncn2)cc1. The molecule has 1 saturated heterocycles. The quantitative estimate of drug-likeness (QED) is 0.716.